The van der Waals surface area contributed by atoms with Crippen molar-refractivity contribution in [3.05, 3.63) is 24.3 Å². The first kappa shape index (κ1) is 14.9. The fourth-order valence-corrected chi connectivity index (χ4v) is 2.66. The number of amides is 1. The Balaban J connectivity index is 1.94. The maximum absolute atomic E-state index is 11.3. The fourth-order valence-electron chi connectivity index (χ4n) is 2.66. The summed E-state index contributed by atoms with van der Waals surface area (Å²) in [7, 11) is 1.79. The Kier molecular flexibility index (Phi) is 5.41. The van der Waals surface area contributed by atoms with Crippen LogP contribution in [0, 0.1) is 0 Å². The molecule has 1 aliphatic carbocycles. The molecule has 0 aromatic heterocycles. The van der Waals surface area contributed by atoms with Crippen LogP contribution in [0.3, 0.4) is 0 Å². The second-order valence-electron chi connectivity index (χ2n) is 5.29. The van der Waals surface area contributed by atoms with Gasteiger partial charge in [0.05, 0.1) is 12.1 Å². The summed E-state index contributed by atoms with van der Waals surface area (Å²) in [6.07, 6.45) is 5.56. The molecule has 110 valence electrons. The predicted molar refractivity (Wildman–Crippen MR) is 82.0 cm³/mol. The van der Waals surface area contributed by atoms with Crippen molar-refractivity contribution in [2.24, 2.45) is 0 Å². The summed E-state index contributed by atoms with van der Waals surface area (Å²) < 4.78 is 5.55. The first-order valence-electron chi connectivity index (χ1n) is 7.42. The van der Waals surface area contributed by atoms with E-state index in [4.69, 9.17) is 4.74 Å². The van der Waals surface area contributed by atoms with Crippen LogP contribution in [0.1, 0.15) is 39.0 Å². The van der Waals surface area contributed by atoms with Crippen LogP contribution in [-0.2, 0) is 9.53 Å². The maximum atomic E-state index is 11.3. The summed E-state index contributed by atoms with van der Waals surface area (Å²) in [5, 5.41) is 6.39. The number of hydrogen-bond acceptors (Lipinski definition) is 3. The number of hydrogen-bond donors (Lipinski definition) is 2. The molecular formula is C16H24N2O2. The minimum Gasteiger partial charge on any atom is -0.380 e. The van der Waals surface area contributed by atoms with Crippen molar-refractivity contribution in [1.82, 2.24) is 0 Å². The Hall–Kier alpha value is -1.55. The third-order valence-corrected chi connectivity index (χ3v) is 3.85. The van der Waals surface area contributed by atoms with E-state index >= 15 is 0 Å². The van der Waals surface area contributed by atoms with Gasteiger partial charge in [0.1, 0.15) is 0 Å². The van der Waals surface area contributed by atoms with Crippen LogP contribution in [0.2, 0.25) is 0 Å². The first-order chi connectivity index (χ1) is 9.72. The van der Waals surface area contributed by atoms with Crippen LogP contribution < -0.4 is 10.6 Å². The lowest BCUT2D eigenvalue weighted by atomic mass is 9.92. The number of rotatable bonds is 5. The highest BCUT2D eigenvalue weighted by Crippen LogP contribution is 2.24. The largest absolute Gasteiger partial charge is 0.380 e. The molecule has 2 atom stereocenters. The molecule has 2 rings (SSSR count). The number of anilines is 2. The van der Waals surface area contributed by atoms with Crippen LogP contribution in [0.25, 0.3) is 0 Å². The summed E-state index contributed by atoms with van der Waals surface area (Å²) in [5.74, 6) is 0.0393. The molecule has 1 aromatic carbocycles. The van der Waals surface area contributed by atoms with Crippen LogP contribution in [0.4, 0.5) is 11.4 Å². The zero-order valence-corrected chi connectivity index (χ0v) is 12.3. The molecule has 0 bridgehead atoms. The smallest absolute Gasteiger partial charge is 0.224 e. The van der Waals surface area contributed by atoms with Crippen LogP contribution >= 0.6 is 0 Å². The Morgan fingerprint density at radius 3 is 2.50 bits per heavy atom. The molecule has 20 heavy (non-hydrogen) atoms. The molecule has 1 aromatic rings. The topological polar surface area (TPSA) is 50.4 Å². The molecule has 1 aliphatic rings. The average Bonchev–Trinajstić information content (AvgIpc) is 2.49. The van der Waals surface area contributed by atoms with Crippen LogP contribution in [0.15, 0.2) is 24.3 Å². The Labute approximate surface area is 120 Å². The highest BCUT2D eigenvalue weighted by molar-refractivity contribution is 5.90. The van der Waals surface area contributed by atoms with Gasteiger partial charge >= 0.3 is 0 Å². The van der Waals surface area contributed by atoms with E-state index in [1.165, 1.54) is 12.8 Å². The number of carbonyl (C=O) groups excluding carboxylic acids is 1. The lowest BCUT2D eigenvalue weighted by Gasteiger charge is -2.31. The summed E-state index contributed by atoms with van der Waals surface area (Å²) >= 11 is 0. The SMILES string of the molecule is CCC(=O)Nc1ccc(NC2CCCCC2OC)cc1. The average molecular weight is 276 g/mol. The maximum Gasteiger partial charge on any atom is 0.224 e. The lowest BCUT2D eigenvalue weighted by Crippen LogP contribution is -2.37. The van der Waals surface area contributed by atoms with Gasteiger partial charge in [-0.15, -0.1) is 0 Å². The second-order valence-corrected chi connectivity index (χ2v) is 5.29. The standard InChI is InChI=1S/C16H24N2O2/c1-3-16(19)18-13-10-8-12(9-11-13)17-14-6-4-5-7-15(14)20-2/h8-11,14-15,17H,3-7H2,1-2H3,(H,18,19). The highest BCUT2D eigenvalue weighted by atomic mass is 16.5. The summed E-state index contributed by atoms with van der Waals surface area (Å²) in [4.78, 5) is 11.3. The number of ether oxygens (including phenoxy) is 1. The van der Waals surface area contributed by atoms with Gasteiger partial charge in [0.25, 0.3) is 0 Å². The second kappa shape index (κ2) is 7.29. The minimum absolute atomic E-state index is 0.0393. The first-order valence-corrected chi connectivity index (χ1v) is 7.42. The molecule has 1 amide bonds. The van der Waals surface area contributed by atoms with E-state index < -0.39 is 0 Å². The van der Waals surface area contributed by atoms with Crippen molar-refractivity contribution >= 4 is 17.3 Å². The third kappa shape index (κ3) is 3.97. The molecule has 1 saturated carbocycles. The number of benzene rings is 1. The molecule has 0 radical (unpaired) electrons. The number of nitrogens with one attached hydrogen (secondary N) is 2. The van der Waals surface area contributed by atoms with Gasteiger partial charge in [0, 0.05) is 24.9 Å². The van der Waals surface area contributed by atoms with Crippen molar-refractivity contribution in [2.45, 2.75) is 51.2 Å². The fraction of sp³-hybridized carbons (Fsp3) is 0.562. The third-order valence-electron chi connectivity index (χ3n) is 3.85. The van der Waals surface area contributed by atoms with E-state index in [9.17, 15) is 4.79 Å². The molecular weight excluding hydrogens is 252 g/mol. The quantitative estimate of drug-likeness (QED) is 0.866. The highest BCUT2D eigenvalue weighted by Gasteiger charge is 2.24. The normalized spacial score (nSPS) is 22.3. The molecule has 4 nitrogen and oxygen atoms in total. The van der Waals surface area contributed by atoms with Gasteiger partial charge in [0.15, 0.2) is 0 Å². The van der Waals surface area contributed by atoms with Crippen LogP contribution in [-0.4, -0.2) is 25.2 Å². The Morgan fingerprint density at radius 1 is 1.20 bits per heavy atom. The Bertz CT molecular complexity index is 431. The number of carbonyl (C=O) groups is 1. The van der Waals surface area contributed by atoms with Gasteiger partial charge in [-0.3, -0.25) is 4.79 Å². The van der Waals surface area contributed by atoms with Gasteiger partial charge in [-0.2, -0.15) is 0 Å². The van der Waals surface area contributed by atoms with Gasteiger partial charge < -0.3 is 15.4 Å². The van der Waals surface area contributed by atoms with Crippen molar-refractivity contribution in [2.75, 3.05) is 17.7 Å². The van der Waals surface area contributed by atoms with Gasteiger partial charge in [-0.25, -0.2) is 0 Å². The van der Waals surface area contributed by atoms with E-state index in [1.807, 2.05) is 31.2 Å². The summed E-state index contributed by atoms with van der Waals surface area (Å²) in [5.41, 5.74) is 1.92. The molecule has 4 heteroatoms. The zero-order valence-electron chi connectivity index (χ0n) is 12.3. The molecule has 2 unspecified atom stereocenters. The van der Waals surface area contributed by atoms with Gasteiger partial charge in [-0.1, -0.05) is 19.8 Å². The monoisotopic (exact) mass is 276 g/mol. The Morgan fingerprint density at radius 2 is 1.85 bits per heavy atom. The zero-order chi connectivity index (χ0) is 14.4. The van der Waals surface area contributed by atoms with Crippen molar-refractivity contribution in [3.8, 4) is 0 Å². The lowest BCUT2D eigenvalue weighted by molar-refractivity contribution is -0.115. The van der Waals surface area contributed by atoms with Crippen LogP contribution in [0.5, 0.6) is 0 Å². The molecule has 1 fully saturated rings. The molecule has 0 spiro atoms. The molecule has 0 heterocycles. The van der Waals surface area contributed by atoms with E-state index in [2.05, 4.69) is 10.6 Å². The predicted octanol–water partition coefficient (Wildman–Crippen LogP) is 3.40. The van der Waals surface area contributed by atoms with E-state index in [1.54, 1.807) is 7.11 Å². The van der Waals surface area contributed by atoms with E-state index in [-0.39, 0.29) is 5.91 Å². The van der Waals surface area contributed by atoms with Crippen molar-refractivity contribution in [3.63, 3.8) is 0 Å². The van der Waals surface area contributed by atoms with E-state index in [0.717, 1.165) is 24.2 Å². The minimum atomic E-state index is 0.0393. The number of methoxy groups -OCH3 is 1. The van der Waals surface area contributed by atoms with Gasteiger partial charge in [0.2, 0.25) is 5.91 Å². The summed E-state index contributed by atoms with van der Waals surface area (Å²) in [6.45, 7) is 1.85. The van der Waals surface area contributed by atoms with E-state index in [0.29, 0.717) is 18.6 Å². The van der Waals surface area contributed by atoms with Crippen molar-refractivity contribution in [1.29, 1.82) is 0 Å². The van der Waals surface area contributed by atoms with Gasteiger partial charge in [-0.05, 0) is 37.1 Å². The van der Waals surface area contributed by atoms with Crippen molar-refractivity contribution < 1.29 is 9.53 Å². The molecule has 0 aliphatic heterocycles. The molecule has 2 N–H and O–H groups in total. The summed E-state index contributed by atoms with van der Waals surface area (Å²) in [6, 6.07) is 8.25. The molecule has 0 saturated heterocycles.